The third kappa shape index (κ3) is 2.57. The second-order valence-electron chi connectivity index (χ2n) is 4.03. The van der Waals surface area contributed by atoms with E-state index in [1.165, 1.54) is 6.92 Å². The van der Waals surface area contributed by atoms with E-state index in [1.54, 1.807) is 0 Å². The van der Waals surface area contributed by atoms with Crippen molar-refractivity contribution in [2.75, 3.05) is 6.54 Å². The predicted octanol–water partition coefficient (Wildman–Crippen LogP) is 1.31. The zero-order valence-electron chi connectivity index (χ0n) is 9.50. The van der Waals surface area contributed by atoms with Gasteiger partial charge in [-0.05, 0) is 25.0 Å². The van der Waals surface area contributed by atoms with Gasteiger partial charge in [-0.1, -0.05) is 24.3 Å². The largest absolute Gasteiger partial charge is 0.346 e. The summed E-state index contributed by atoms with van der Waals surface area (Å²) >= 11 is 0. The Balaban J connectivity index is 3.11. The minimum atomic E-state index is -0.475. The Morgan fingerprint density at radius 1 is 1.47 bits per heavy atom. The van der Waals surface area contributed by atoms with Gasteiger partial charge < -0.3 is 11.1 Å². The first-order valence-corrected chi connectivity index (χ1v) is 5.04. The maximum Gasteiger partial charge on any atom is 0.217 e. The average Bonchev–Trinajstić information content (AvgIpc) is 2.17. The highest BCUT2D eigenvalue weighted by atomic mass is 16.1. The van der Waals surface area contributed by atoms with Crippen LogP contribution in [0.15, 0.2) is 24.3 Å². The second-order valence-corrected chi connectivity index (χ2v) is 4.03. The van der Waals surface area contributed by atoms with E-state index in [-0.39, 0.29) is 5.91 Å². The van der Waals surface area contributed by atoms with Gasteiger partial charge in [0.1, 0.15) is 0 Å². The van der Waals surface area contributed by atoms with Crippen LogP contribution in [-0.4, -0.2) is 12.5 Å². The van der Waals surface area contributed by atoms with Crippen molar-refractivity contribution in [2.45, 2.75) is 26.3 Å². The monoisotopic (exact) mass is 206 g/mol. The van der Waals surface area contributed by atoms with Crippen LogP contribution >= 0.6 is 0 Å². The molecule has 0 aliphatic heterocycles. The molecule has 3 N–H and O–H groups in total. The summed E-state index contributed by atoms with van der Waals surface area (Å²) in [5.74, 6) is -0.0637. The molecular formula is C12H18N2O. The van der Waals surface area contributed by atoms with Crippen LogP contribution < -0.4 is 11.1 Å². The maximum atomic E-state index is 11.1. The Kier molecular flexibility index (Phi) is 3.48. The summed E-state index contributed by atoms with van der Waals surface area (Å²) in [4.78, 5) is 11.1. The van der Waals surface area contributed by atoms with E-state index >= 15 is 0 Å². The minimum Gasteiger partial charge on any atom is -0.346 e. The quantitative estimate of drug-likeness (QED) is 0.783. The number of carbonyl (C=O) groups excluding carboxylic acids is 1. The molecule has 0 fully saturated rings. The number of amides is 1. The molecule has 0 saturated carbocycles. The van der Waals surface area contributed by atoms with Crippen LogP contribution in [0.2, 0.25) is 0 Å². The molecule has 1 atom stereocenters. The third-order valence-electron chi connectivity index (χ3n) is 2.60. The van der Waals surface area contributed by atoms with Gasteiger partial charge in [-0.15, -0.1) is 0 Å². The van der Waals surface area contributed by atoms with E-state index < -0.39 is 5.54 Å². The van der Waals surface area contributed by atoms with E-state index in [1.807, 2.05) is 38.1 Å². The molecule has 0 bridgehead atoms. The molecule has 0 heterocycles. The van der Waals surface area contributed by atoms with E-state index in [4.69, 9.17) is 5.73 Å². The summed E-state index contributed by atoms with van der Waals surface area (Å²) in [6.07, 6.45) is 0. The summed E-state index contributed by atoms with van der Waals surface area (Å²) in [6, 6.07) is 7.95. The van der Waals surface area contributed by atoms with E-state index in [9.17, 15) is 4.79 Å². The van der Waals surface area contributed by atoms with Gasteiger partial charge in [-0.2, -0.15) is 0 Å². The smallest absolute Gasteiger partial charge is 0.217 e. The molecule has 82 valence electrons. The third-order valence-corrected chi connectivity index (χ3v) is 2.60. The topological polar surface area (TPSA) is 55.1 Å². The van der Waals surface area contributed by atoms with Gasteiger partial charge in [-0.25, -0.2) is 0 Å². The highest BCUT2D eigenvalue weighted by Crippen LogP contribution is 2.22. The lowest BCUT2D eigenvalue weighted by Crippen LogP contribution is -2.48. The number of carbonyl (C=O) groups is 1. The fraction of sp³-hybridized carbons (Fsp3) is 0.417. The van der Waals surface area contributed by atoms with E-state index in [2.05, 4.69) is 5.32 Å². The number of hydrogen-bond donors (Lipinski definition) is 2. The molecule has 0 spiro atoms. The van der Waals surface area contributed by atoms with Crippen LogP contribution in [0.4, 0.5) is 0 Å². The van der Waals surface area contributed by atoms with Gasteiger partial charge in [0.15, 0.2) is 0 Å². The van der Waals surface area contributed by atoms with Crippen molar-refractivity contribution in [1.82, 2.24) is 5.32 Å². The Labute approximate surface area is 90.7 Å². The Morgan fingerprint density at radius 3 is 2.53 bits per heavy atom. The van der Waals surface area contributed by atoms with Crippen molar-refractivity contribution >= 4 is 5.91 Å². The Morgan fingerprint density at radius 2 is 2.07 bits per heavy atom. The standard InChI is InChI=1S/C12H18N2O/c1-9-6-4-5-7-11(9)12(3,8-13)14-10(2)15/h4-7H,8,13H2,1-3H3,(H,14,15). The molecule has 0 aromatic heterocycles. The van der Waals surface area contributed by atoms with Crippen molar-refractivity contribution < 1.29 is 4.79 Å². The molecule has 1 rings (SSSR count). The van der Waals surface area contributed by atoms with Crippen molar-refractivity contribution in [3.05, 3.63) is 35.4 Å². The predicted molar refractivity (Wildman–Crippen MR) is 61.4 cm³/mol. The van der Waals surface area contributed by atoms with Crippen LogP contribution in [0.1, 0.15) is 25.0 Å². The van der Waals surface area contributed by atoms with Crippen LogP contribution in [0.25, 0.3) is 0 Å². The molecule has 0 aliphatic rings. The molecule has 1 aromatic carbocycles. The highest BCUT2D eigenvalue weighted by Gasteiger charge is 2.26. The lowest BCUT2D eigenvalue weighted by atomic mass is 9.88. The highest BCUT2D eigenvalue weighted by molar-refractivity contribution is 5.74. The summed E-state index contributed by atoms with van der Waals surface area (Å²) < 4.78 is 0. The zero-order valence-corrected chi connectivity index (χ0v) is 9.50. The zero-order chi connectivity index (χ0) is 11.5. The fourth-order valence-electron chi connectivity index (χ4n) is 1.81. The van der Waals surface area contributed by atoms with Crippen LogP contribution in [-0.2, 0) is 10.3 Å². The lowest BCUT2D eigenvalue weighted by Gasteiger charge is -2.30. The number of aryl methyl sites for hydroxylation is 1. The fourth-order valence-corrected chi connectivity index (χ4v) is 1.81. The maximum absolute atomic E-state index is 11.1. The number of nitrogens with one attached hydrogen (secondary N) is 1. The molecule has 1 aromatic rings. The minimum absolute atomic E-state index is 0.0637. The lowest BCUT2D eigenvalue weighted by molar-refractivity contribution is -0.120. The number of nitrogens with two attached hydrogens (primary N) is 1. The molecule has 1 amide bonds. The first kappa shape index (κ1) is 11.7. The van der Waals surface area contributed by atoms with Gasteiger partial charge in [0.2, 0.25) is 5.91 Å². The SMILES string of the molecule is CC(=O)NC(C)(CN)c1ccccc1C. The summed E-state index contributed by atoms with van der Waals surface area (Å²) in [5.41, 5.74) is 7.48. The van der Waals surface area contributed by atoms with Crippen molar-refractivity contribution in [3.63, 3.8) is 0 Å². The van der Waals surface area contributed by atoms with E-state index in [0.717, 1.165) is 11.1 Å². The van der Waals surface area contributed by atoms with Gasteiger partial charge in [0, 0.05) is 13.5 Å². The average molecular weight is 206 g/mol. The van der Waals surface area contributed by atoms with Crippen molar-refractivity contribution in [3.8, 4) is 0 Å². The first-order chi connectivity index (χ1) is 6.99. The summed E-state index contributed by atoms with van der Waals surface area (Å²) in [6.45, 7) is 5.85. The van der Waals surface area contributed by atoms with Gasteiger partial charge >= 0.3 is 0 Å². The molecule has 3 heteroatoms. The number of benzene rings is 1. The summed E-state index contributed by atoms with van der Waals surface area (Å²) in [5, 5.41) is 2.90. The normalized spacial score (nSPS) is 14.4. The van der Waals surface area contributed by atoms with Gasteiger partial charge in [-0.3, -0.25) is 4.79 Å². The number of hydrogen-bond acceptors (Lipinski definition) is 2. The molecule has 15 heavy (non-hydrogen) atoms. The molecule has 0 radical (unpaired) electrons. The van der Waals surface area contributed by atoms with Gasteiger partial charge in [0.25, 0.3) is 0 Å². The molecule has 1 unspecified atom stereocenters. The number of rotatable bonds is 3. The molecule has 0 aliphatic carbocycles. The van der Waals surface area contributed by atoms with E-state index in [0.29, 0.717) is 6.54 Å². The first-order valence-electron chi connectivity index (χ1n) is 5.04. The Bertz CT molecular complexity index is 362. The van der Waals surface area contributed by atoms with Gasteiger partial charge in [0.05, 0.1) is 5.54 Å². The van der Waals surface area contributed by atoms with Crippen LogP contribution in [0.5, 0.6) is 0 Å². The summed E-state index contributed by atoms with van der Waals surface area (Å²) in [7, 11) is 0. The molecule has 0 saturated heterocycles. The molecular weight excluding hydrogens is 188 g/mol. The van der Waals surface area contributed by atoms with Crippen molar-refractivity contribution in [1.29, 1.82) is 0 Å². The second kappa shape index (κ2) is 4.45. The van der Waals surface area contributed by atoms with Crippen molar-refractivity contribution in [2.24, 2.45) is 5.73 Å². The molecule has 3 nitrogen and oxygen atoms in total. The van der Waals surface area contributed by atoms with Crippen LogP contribution in [0, 0.1) is 6.92 Å². The van der Waals surface area contributed by atoms with Crippen LogP contribution in [0.3, 0.4) is 0 Å². The Hall–Kier alpha value is -1.35.